The quantitative estimate of drug-likeness (QED) is 0.749. The molecule has 1 aromatic rings. The maximum atomic E-state index is 12.4. The molecule has 128 valence electrons. The Morgan fingerprint density at radius 2 is 1.71 bits per heavy atom. The first-order valence-corrected chi connectivity index (χ1v) is 9.14. The zero-order valence-corrected chi connectivity index (χ0v) is 14.4. The molecule has 0 radical (unpaired) electrons. The first kappa shape index (κ1) is 15.7. The van der Waals surface area contributed by atoms with E-state index in [1.807, 2.05) is 24.3 Å². The van der Waals surface area contributed by atoms with Crippen molar-refractivity contribution in [3.8, 4) is 5.75 Å². The second-order valence-electron chi connectivity index (χ2n) is 8.02. The number of benzene rings is 1. The molecule has 24 heavy (non-hydrogen) atoms. The average molecular weight is 326 g/mol. The number of carbonyl (C=O) groups is 1. The highest BCUT2D eigenvalue weighted by Gasteiger charge is 2.57. The van der Waals surface area contributed by atoms with Crippen molar-refractivity contribution in [2.75, 3.05) is 6.61 Å². The van der Waals surface area contributed by atoms with Crippen LogP contribution in [0.15, 0.2) is 30.8 Å². The Labute approximate surface area is 144 Å². The van der Waals surface area contributed by atoms with Gasteiger partial charge in [0.1, 0.15) is 11.4 Å². The lowest BCUT2D eigenvalue weighted by Crippen LogP contribution is -2.58. The van der Waals surface area contributed by atoms with Crippen molar-refractivity contribution >= 4 is 12.0 Å². The van der Waals surface area contributed by atoms with Gasteiger partial charge in [0.05, 0.1) is 0 Å². The van der Waals surface area contributed by atoms with E-state index in [2.05, 4.69) is 13.5 Å². The molecule has 3 nitrogen and oxygen atoms in total. The van der Waals surface area contributed by atoms with Gasteiger partial charge in [-0.05, 0) is 80.4 Å². The largest absolute Gasteiger partial charge is 0.482 e. The lowest BCUT2D eigenvalue weighted by molar-refractivity contribution is -0.204. The fraction of sp³-hybridized carbons (Fsp3) is 0.571. The zero-order chi connectivity index (χ0) is 16.7. The molecule has 0 atom stereocenters. The van der Waals surface area contributed by atoms with E-state index in [9.17, 15) is 4.79 Å². The Bertz CT molecular complexity index is 603. The first-order chi connectivity index (χ1) is 11.6. The van der Waals surface area contributed by atoms with Crippen LogP contribution in [-0.4, -0.2) is 18.2 Å². The summed E-state index contributed by atoms with van der Waals surface area (Å²) in [5.74, 6) is 3.29. The fourth-order valence-electron chi connectivity index (χ4n) is 5.40. The van der Waals surface area contributed by atoms with E-state index < -0.39 is 0 Å². The van der Waals surface area contributed by atoms with E-state index in [1.54, 1.807) is 6.08 Å². The highest BCUT2D eigenvalue weighted by Crippen LogP contribution is 2.59. The molecule has 0 saturated heterocycles. The van der Waals surface area contributed by atoms with Gasteiger partial charge in [-0.3, -0.25) is 0 Å². The third kappa shape index (κ3) is 2.74. The summed E-state index contributed by atoms with van der Waals surface area (Å²) in [6, 6.07) is 7.56. The van der Waals surface area contributed by atoms with Crippen LogP contribution < -0.4 is 4.74 Å². The van der Waals surface area contributed by atoms with Crippen LogP contribution in [0.1, 0.15) is 44.6 Å². The summed E-state index contributed by atoms with van der Waals surface area (Å²) in [7, 11) is 0. The molecule has 0 spiro atoms. The summed E-state index contributed by atoms with van der Waals surface area (Å²) in [5.41, 5.74) is 0.756. The number of esters is 1. The van der Waals surface area contributed by atoms with Gasteiger partial charge in [-0.15, -0.1) is 0 Å². The molecular formula is C21H26O3. The third-order valence-corrected chi connectivity index (χ3v) is 6.57. The summed E-state index contributed by atoms with van der Waals surface area (Å²) in [6.07, 6.45) is 8.13. The summed E-state index contributed by atoms with van der Waals surface area (Å²) < 4.78 is 11.6. The van der Waals surface area contributed by atoms with Crippen molar-refractivity contribution in [1.82, 2.24) is 0 Å². The van der Waals surface area contributed by atoms with Crippen LogP contribution in [0.2, 0.25) is 0 Å². The van der Waals surface area contributed by atoms with E-state index in [0.717, 1.165) is 17.4 Å². The van der Waals surface area contributed by atoms with Gasteiger partial charge in [-0.25, -0.2) is 4.79 Å². The second-order valence-corrected chi connectivity index (χ2v) is 8.02. The molecule has 4 aliphatic rings. The summed E-state index contributed by atoms with van der Waals surface area (Å²) in [5, 5.41) is 0. The molecule has 1 aromatic carbocycles. The van der Waals surface area contributed by atoms with Gasteiger partial charge < -0.3 is 9.47 Å². The van der Waals surface area contributed by atoms with Crippen molar-refractivity contribution in [2.45, 2.75) is 44.6 Å². The van der Waals surface area contributed by atoms with Gasteiger partial charge in [0, 0.05) is 0 Å². The Kier molecular flexibility index (Phi) is 3.90. The molecule has 3 heteroatoms. The molecule has 0 unspecified atom stereocenters. The van der Waals surface area contributed by atoms with Crippen LogP contribution in [0.3, 0.4) is 0 Å². The van der Waals surface area contributed by atoms with E-state index >= 15 is 0 Å². The fourth-order valence-corrected chi connectivity index (χ4v) is 5.40. The lowest BCUT2D eigenvalue weighted by atomic mass is 9.50. The van der Waals surface area contributed by atoms with Crippen LogP contribution in [0.25, 0.3) is 6.08 Å². The van der Waals surface area contributed by atoms with Gasteiger partial charge in [0.15, 0.2) is 6.61 Å². The van der Waals surface area contributed by atoms with Crippen molar-refractivity contribution < 1.29 is 14.3 Å². The van der Waals surface area contributed by atoms with E-state index in [4.69, 9.17) is 9.47 Å². The highest BCUT2D eigenvalue weighted by atomic mass is 16.6. The first-order valence-electron chi connectivity index (χ1n) is 9.14. The topological polar surface area (TPSA) is 35.5 Å². The van der Waals surface area contributed by atoms with Crippen LogP contribution in [-0.2, 0) is 9.53 Å². The van der Waals surface area contributed by atoms with Crippen LogP contribution in [0.4, 0.5) is 0 Å². The molecule has 0 heterocycles. The minimum absolute atomic E-state index is 0.0185. The molecule has 0 N–H and O–H groups in total. The average Bonchev–Trinajstić information content (AvgIpc) is 2.58. The van der Waals surface area contributed by atoms with Crippen LogP contribution in [0.5, 0.6) is 5.75 Å². The van der Waals surface area contributed by atoms with Gasteiger partial charge in [0.25, 0.3) is 0 Å². The molecule has 0 aromatic heterocycles. The van der Waals surface area contributed by atoms with E-state index in [0.29, 0.717) is 17.6 Å². The summed E-state index contributed by atoms with van der Waals surface area (Å²) in [4.78, 5) is 12.4. The third-order valence-electron chi connectivity index (χ3n) is 6.57. The van der Waals surface area contributed by atoms with Gasteiger partial charge >= 0.3 is 5.97 Å². The monoisotopic (exact) mass is 326 g/mol. The van der Waals surface area contributed by atoms with E-state index in [1.165, 1.54) is 32.1 Å². The minimum atomic E-state index is -0.277. The molecule has 4 bridgehead atoms. The Hall–Kier alpha value is -1.77. The molecule has 0 amide bonds. The molecule has 4 aliphatic carbocycles. The van der Waals surface area contributed by atoms with Gasteiger partial charge in [-0.2, -0.15) is 0 Å². The molecule has 4 saturated carbocycles. The van der Waals surface area contributed by atoms with Crippen molar-refractivity contribution in [1.29, 1.82) is 0 Å². The SMILES string of the molecule is C=Cc1ccc(OCC(=O)OC2(C)C3CC4CC(C3)CC2C4)cc1. The number of carbonyl (C=O) groups excluding carboxylic acids is 1. The smallest absolute Gasteiger partial charge is 0.344 e. The number of rotatable bonds is 5. The second kappa shape index (κ2) is 5.94. The summed E-state index contributed by atoms with van der Waals surface area (Å²) >= 11 is 0. The predicted molar refractivity (Wildman–Crippen MR) is 93.6 cm³/mol. The van der Waals surface area contributed by atoms with E-state index in [-0.39, 0.29) is 18.2 Å². The number of hydrogen-bond donors (Lipinski definition) is 0. The minimum Gasteiger partial charge on any atom is -0.482 e. The van der Waals surface area contributed by atoms with Gasteiger partial charge in [0.2, 0.25) is 0 Å². The highest BCUT2D eigenvalue weighted by molar-refractivity contribution is 5.71. The number of ether oxygens (including phenoxy) is 2. The standard InChI is InChI=1S/C21H26O3/c1-3-14-4-6-19(7-5-14)23-13-20(22)24-21(2)17-9-15-8-16(11-17)12-18(21)10-15/h3-7,15-18H,1,8-13H2,2H3. The predicted octanol–water partition coefficient (Wildman–Crippen LogP) is 4.47. The maximum absolute atomic E-state index is 12.4. The molecule has 0 aliphatic heterocycles. The van der Waals surface area contributed by atoms with Crippen LogP contribution >= 0.6 is 0 Å². The Balaban J connectivity index is 1.36. The number of hydrogen-bond acceptors (Lipinski definition) is 3. The maximum Gasteiger partial charge on any atom is 0.344 e. The Morgan fingerprint density at radius 3 is 2.25 bits per heavy atom. The normalized spacial score (nSPS) is 36.4. The lowest BCUT2D eigenvalue weighted by Gasteiger charge is -2.59. The molecular weight excluding hydrogens is 300 g/mol. The molecule has 5 rings (SSSR count). The van der Waals surface area contributed by atoms with Gasteiger partial charge in [-0.1, -0.05) is 24.8 Å². The zero-order valence-electron chi connectivity index (χ0n) is 14.4. The van der Waals surface area contributed by atoms with Crippen LogP contribution in [0, 0.1) is 23.7 Å². The Morgan fingerprint density at radius 1 is 1.12 bits per heavy atom. The summed E-state index contributed by atoms with van der Waals surface area (Å²) in [6.45, 7) is 5.87. The molecule has 4 fully saturated rings. The van der Waals surface area contributed by atoms with Crippen molar-refractivity contribution in [3.05, 3.63) is 36.4 Å². The van der Waals surface area contributed by atoms with Crippen molar-refractivity contribution in [2.24, 2.45) is 23.7 Å². The van der Waals surface area contributed by atoms with Crippen molar-refractivity contribution in [3.63, 3.8) is 0 Å².